The van der Waals surface area contributed by atoms with E-state index in [0.29, 0.717) is 25.9 Å². The Balaban J connectivity index is 1.70. The number of hydrazine groups is 1. The van der Waals surface area contributed by atoms with E-state index in [1.165, 1.54) is 0 Å². The zero-order chi connectivity index (χ0) is 16.3. The lowest BCUT2D eigenvalue weighted by molar-refractivity contribution is -0.132. The van der Waals surface area contributed by atoms with Gasteiger partial charge in [-0.05, 0) is 46.5 Å². The first kappa shape index (κ1) is 16.6. The van der Waals surface area contributed by atoms with E-state index in [9.17, 15) is 14.4 Å². The molecule has 0 unspecified atom stereocenters. The van der Waals surface area contributed by atoms with Crippen molar-refractivity contribution in [3.05, 3.63) is 0 Å². The van der Waals surface area contributed by atoms with Gasteiger partial charge in [0.05, 0.1) is 0 Å². The normalized spacial score (nSPS) is 19.5. The molecule has 0 bridgehead atoms. The molecule has 0 atom stereocenters. The second-order valence-corrected chi connectivity index (χ2v) is 6.99. The number of ether oxygens (including phenoxy) is 1. The maximum absolute atomic E-state index is 12.0. The first-order valence-corrected chi connectivity index (χ1v) is 7.84. The number of carbonyl (C=O) groups excluding carboxylic acids is 3. The zero-order valence-electron chi connectivity index (χ0n) is 13.5. The number of rotatable bonds is 2. The highest BCUT2D eigenvalue weighted by atomic mass is 16.6. The Morgan fingerprint density at radius 1 is 0.909 bits per heavy atom. The monoisotopic (exact) mass is 311 g/mol. The highest BCUT2D eigenvalue weighted by molar-refractivity contribution is 5.85. The Kier molecular flexibility index (Phi) is 4.93. The minimum absolute atomic E-state index is 0.0642. The van der Waals surface area contributed by atoms with Crippen molar-refractivity contribution in [2.24, 2.45) is 11.8 Å². The minimum Gasteiger partial charge on any atom is -0.444 e. The first-order valence-electron chi connectivity index (χ1n) is 7.84. The number of carbonyl (C=O) groups is 3. The summed E-state index contributed by atoms with van der Waals surface area (Å²) in [6.07, 6.45) is 2.61. The molecule has 22 heavy (non-hydrogen) atoms. The van der Waals surface area contributed by atoms with E-state index in [-0.39, 0.29) is 29.7 Å². The fourth-order valence-electron chi connectivity index (χ4n) is 2.32. The molecule has 1 saturated carbocycles. The average Bonchev–Trinajstić information content (AvgIpc) is 3.27. The maximum atomic E-state index is 12.0. The van der Waals surface area contributed by atoms with Gasteiger partial charge >= 0.3 is 6.09 Å². The summed E-state index contributed by atoms with van der Waals surface area (Å²) in [4.78, 5) is 37.0. The summed E-state index contributed by atoms with van der Waals surface area (Å²) in [5.41, 5.74) is 4.43. The van der Waals surface area contributed by atoms with E-state index < -0.39 is 5.60 Å². The van der Waals surface area contributed by atoms with Crippen LogP contribution >= 0.6 is 0 Å². The van der Waals surface area contributed by atoms with Crippen LogP contribution in [-0.4, -0.2) is 41.5 Å². The quantitative estimate of drug-likeness (QED) is 0.750. The fourth-order valence-corrected chi connectivity index (χ4v) is 2.32. The number of piperidine rings is 1. The number of hydrogen-bond acceptors (Lipinski definition) is 4. The predicted octanol–water partition coefficient (Wildman–Crippen LogP) is 1.19. The Morgan fingerprint density at radius 3 is 1.77 bits per heavy atom. The van der Waals surface area contributed by atoms with Gasteiger partial charge in [-0.3, -0.25) is 20.4 Å². The van der Waals surface area contributed by atoms with Gasteiger partial charge in [-0.15, -0.1) is 0 Å². The van der Waals surface area contributed by atoms with Gasteiger partial charge < -0.3 is 9.64 Å². The lowest BCUT2D eigenvalue weighted by Crippen LogP contribution is -2.49. The van der Waals surface area contributed by atoms with Crippen molar-refractivity contribution in [1.82, 2.24) is 15.8 Å². The summed E-state index contributed by atoms with van der Waals surface area (Å²) >= 11 is 0. The predicted molar refractivity (Wildman–Crippen MR) is 79.5 cm³/mol. The Hall–Kier alpha value is -1.79. The lowest BCUT2D eigenvalue weighted by Gasteiger charge is -2.32. The molecule has 7 nitrogen and oxygen atoms in total. The smallest absolute Gasteiger partial charge is 0.410 e. The largest absolute Gasteiger partial charge is 0.444 e. The summed E-state index contributed by atoms with van der Waals surface area (Å²) in [5, 5.41) is 0. The van der Waals surface area contributed by atoms with Crippen LogP contribution in [-0.2, 0) is 14.3 Å². The van der Waals surface area contributed by atoms with Gasteiger partial charge in [-0.1, -0.05) is 0 Å². The van der Waals surface area contributed by atoms with E-state index in [2.05, 4.69) is 10.9 Å². The second-order valence-electron chi connectivity index (χ2n) is 6.99. The minimum atomic E-state index is -0.515. The molecule has 3 amide bonds. The number of amides is 3. The molecule has 0 aromatic rings. The van der Waals surface area contributed by atoms with E-state index in [1.54, 1.807) is 4.90 Å². The molecule has 1 saturated heterocycles. The maximum Gasteiger partial charge on any atom is 0.410 e. The molecule has 0 spiro atoms. The van der Waals surface area contributed by atoms with Crippen molar-refractivity contribution in [3.8, 4) is 0 Å². The van der Waals surface area contributed by atoms with Crippen LogP contribution in [0.15, 0.2) is 0 Å². The molecule has 7 heteroatoms. The summed E-state index contributed by atoms with van der Waals surface area (Å²) < 4.78 is 5.31. The van der Waals surface area contributed by atoms with Gasteiger partial charge in [0.15, 0.2) is 0 Å². The van der Waals surface area contributed by atoms with Crippen LogP contribution < -0.4 is 10.9 Å². The van der Waals surface area contributed by atoms with Crippen LogP contribution in [0.4, 0.5) is 4.79 Å². The molecule has 124 valence electrons. The molecule has 1 heterocycles. The summed E-state index contributed by atoms with van der Waals surface area (Å²) in [6, 6.07) is 0. The topological polar surface area (TPSA) is 87.7 Å². The van der Waals surface area contributed by atoms with Crippen molar-refractivity contribution in [3.63, 3.8) is 0 Å². The number of nitrogens with zero attached hydrogens (tertiary/aromatic N) is 1. The third kappa shape index (κ3) is 4.89. The van der Waals surface area contributed by atoms with Crippen molar-refractivity contribution in [2.75, 3.05) is 13.1 Å². The number of hydrogen-bond donors (Lipinski definition) is 2. The van der Waals surface area contributed by atoms with Gasteiger partial charge in [0.25, 0.3) is 0 Å². The van der Waals surface area contributed by atoms with Crippen molar-refractivity contribution in [1.29, 1.82) is 0 Å². The fraction of sp³-hybridized carbons (Fsp3) is 0.800. The summed E-state index contributed by atoms with van der Waals surface area (Å²) in [5.74, 6) is -0.412. The Morgan fingerprint density at radius 2 is 1.36 bits per heavy atom. The van der Waals surface area contributed by atoms with Gasteiger partial charge in [0, 0.05) is 24.9 Å². The number of likely N-dealkylation sites (tertiary alicyclic amines) is 1. The molecule has 1 aliphatic heterocycles. The summed E-state index contributed by atoms with van der Waals surface area (Å²) in [7, 11) is 0. The Bertz CT molecular complexity index is 446. The molecule has 2 rings (SSSR count). The SMILES string of the molecule is CC(C)(C)OC(=O)N1CCC(C(=O)NNC(=O)C2CC2)CC1. The van der Waals surface area contributed by atoms with Crippen molar-refractivity contribution in [2.45, 2.75) is 52.1 Å². The van der Waals surface area contributed by atoms with Gasteiger partial charge in [-0.25, -0.2) is 4.79 Å². The van der Waals surface area contributed by atoms with Gasteiger partial charge in [0.1, 0.15) is 5.60 Å². The van der Waals surface area contributed by atoms with E-state index in [1.807, 2.05) is 20.8 Å². The van der Waals surface area contributed by atoms with Crippen molar-refractivity contribution < 1.29 is 19.1 Å². The molecular formula is C15H25N3O4. The van der Waals surface area contributed by atoms with E-state index in [0.717, 1.165) is 12.8 Å². The number of nitrogens with one attached hydrogen (secondary N) is 2. The van der Waals surface area contributed by atoms with Gasteiger partial charge in [0.2, 0.25) is 11.8 Å². The molecule has 0 aromatic carbocycles. The van der Waals surface area contributed by atoms with Crippen LogP contribution in [0.2, 0.25) is 0 Å². The molecule has 0 aromatic heterocycles. The van der Waals surface area contributed by atoms with Crippen LogP contribution in [0, 0.1) is 11.8 Å². The van der Waals surface area contributed by atoms with Crippen molar-refractivity contribution >= 4 is 17.9 Å². The molecule has 2 aliphatic rings. The highest BCUT2D eigenvalue weighted by Crippen LogP contribution is 2.28. The van der Waals surface area contributed by atoms with E-state index >= 15 is 0 Å². The second kappa shape index (κ2) is 6.54. The summed E-state index contributed by atoms with van der Waals surface area (Å²) in [6.45, 7) is 6.46. The molecule has 1 aliphatic carbocycles. The molecule has 2 fully saturated rings. The molecule has 2 N–H and O–H groups in total. The zero-order valence-corrected chi connectivity index (χ0v) is 13.5. The molecular weight excluding hydrogens is 286 g/mol. The van der Waals surface area contributed by atoms with E-state index in [4.69, 9.17) is 4.74 Å². The van der Waals surface area contributed by atoms with Gasteiger partial charge in [-0.2, -0.15) is 0 Å². The lowest BCUT2D eigenvalue weighted by atomic mass is 9.96. The van der Waals surface area contributed by atoms with Crippen LogP contribution in [0.5, 0.6) is 0 Å². The third-order valence-electron chi connectivity index (χ3n) is 3.77. The first-order chi connectivity index (χ1) is 10.3. The van der Waals surface area contributed by atoms with Crippen LogP contribution in [0.3, 0.4) is 0 Å². The molecule has 0 radical (unpaired) electrons. The average molecular weight is 311 g/mol. The third-order valence-corrected chi connectivity index (χ3v) is 3.77. The van der Waals surface area contributed by atoms with Crippen LogP contribution in [0.1, 0.15) is 46.5 Å². The Labute approximate surface area is 130 Å². The standard InChI is InChI=1S/C15H25N3O4/c1-15(2,3)22-14(21)18-8-6-11(7-9-18)13(20)17-16-12(19)10-4-5-10/h10-11H,4-9H2,1-3H3,(H,16,19)(H,17,20). The highest BCUT2D eigenvalue weighted by Gasteiger charge is 2.32. The van der Waals surface area contributed by atoms with Crippen LogP contribution in [0.25, 0.3) is 0 Å².